The SMILES string of the molecule is CC1(C)CC1CNc1nc2ccccc2[nH]1. The highest BCUT2D eigenvalue weighted by molar-refractivity contribution is 5.77. The first-order chi connectivity index (χ1) is 7.65. The largest absolute Gasteiger partial charge is 0.356 e. The molecule has 0 saturated heterocycles. The highest BCUT2D eigenvalue weighted by Crippen LogP contribution is 2.51. The number of hydrogen-bond donors (Lipinski definition) is 2. The van der Waals surface area contributed by atoms with Gasteiger partial charge in [-0.3, -0.25) is 0 Å². The molecule has 0 amide bonds. The molecule has 1 aliphatic rings. The summed E-state index contributed by atoms with van der Waals surface area (Å²) in [5.74, 6) is 1.68. The molecule has 1 unspecified atom stereocenters. The first-order valence-corrected chi connectivity index (χ1v) is 5.84. The van der Waals surface area contributed by atoms with Crippen LogP contribution in [0.1, 0.15) is 20.3 Å². The van der Waals surface area contributed by atoms with Crippen molar-refractivity contribution in [1.29, 1.82) is 0 Å². The summed E-state index contributed by atoms with van der Waals surface area (Å²) in [6.07, 6.45) is 1.32. The number of nitrogens with zero attached hydrogens (tertiary/aromatic N) is 1. The second-order valence-corrected chi connectivity index (χ2v) is 5.37. The van der Waals surface area contributed by atoms with E-state index in [-0.39, 0.29) is 0 Å². The third-order valence-electron chi connectivity index (χ3n) is 3.62. The van der Waals surface area contributed by atoms with Crippen molar-refractivity contribution in [3.63, 3.8) is 0 Å². The number of H-pyrrole nitrogens is 1. The fourth-order valence-corrected chi connectivity index (χ4v) is 2.18. The van der Waals surface area contributed by atoms with Crippen LogP contribution in [0.5, 0.6) is 0 Å². The molecule has 3 rings (SSSR count). The number of para-hydroxylation sites is 2. The molecule has 1 aromatic carbocycles. The lowest BCUT2D eigenvalue weighted by atomic mass is 10.1. The van der Waals surface area contributed by atoms with Crippen molar-refractivity contribution < 1.29 is 0 Å². The smallest absolute Gasteiger partial charge is 0.201 e. The quantitative estimate of drug-likeness (QED) is 0.826. The minimum atomic E-state index is 0.527. The van der Waals surface area contributed by atoms with Gasteiger partial charge in [-0.2, -0.15) is 0 Å². The zero-order valence-corrected chi connectivity index (χ0v) is 9.75. The number of fused-ring (bicyclic) bond motifs is 1. The molecule has 0 bridgehead atoms. The summed E-state index contributed by atoms with van der Waals surface area (Å²) < 4.78 is 0. The molecule has 2 N–H and O–H groups in total. The van der Waals surface area contributed by atoms with Crippen LogP contribution in [0.25, 0.3) is 11.0 Å². The maximum Gasteiger partial charge on any atom is 0.201 e. The summed E-state index contributed by atoms with van der Waals surface area (Å²) in [7, 11) is 0. The number of imidazole rings is 1. The Morgan fingerprint density at radius 2 is 2.19 bits per heavy atom. The molecule has 1 atom stereocenters. The molecule has 1 fully saturated rings. The summed E-state index contributed by atoms with van der Waals surface area (Å²) in [6.45, 7) is 5.66. The number of aromatic nitrogens is 2. The third-order valence-corrected chi connectivity index (χ3v) is 3.62. The second kappa shape index (κ2) is 3.24. The van der Waals surface area contributed by atoms with Crippen LogP contribution in [0.15, 0.2) is 24.3 Å². The molecular formula is C13H17N3. The predicted octanol–water partition coefficient (Wildman–Crippen LogP) is 3.02. The Hall–Kier alpha value is -1.51. The summed E-state index contributed by atoms with van der Waals surface area (Å²) in [4.78, 5) is 7.78. The van der Waals surface area contributed by atoms with E-state index in [1.807, 2.05) is 18.2 Å². The number of nitrogens with one attached hydrogen (secondary N) is 2. The Balaban J connectivity index is 1.70. The molecular weight excluding hydrogens is 198 g/mol. The average molecular weight is 215 g/mol. The molecule has 3 nitrogen and oxygen atoms in total. The zero-order chi connectivity index (χ0) is 11.2. The van der Waals surface area contributed by atoms with Gasteiger partial charge in [0.25, 0.3) is 0 Å². The first-order valence-electron chi connectivity index (χ1n) is 5.84. The van der Waals surface area contributed by atoms with Crippen molar-refractivity contribution in [3.05, 3.63) is 24.3 Å². The fourth-order valence-electron chi connectivity index (χ4n) is 2.18. The zero-order valence-electron chi connectivity index (χ0n) is 9.75. The van der Waals surface area contributed by atoms with Gasteiger partial charge in [-0.05, 0) is 29.9 Å². The molecule has 1 aromatic heterocycles. The van der Waals surface area contributed by atoms with Gasteiger partial charge < -0.3 is 10.3 Å². The van der Waals surface area contributed by atoms with E-state index in [1.165, 1.54) is 6.42 Å². The average Bonchev–Trinajstić information content (AvgIpc) is 2.72. The summed E-state index contributed by atoms with van der Waals surface area (Å²) >= 11 is 0. The number of hydrogen-bond acceptors (Lipinski definition) is 2. The van der Waals surface area contributed by atoms with Crippen molar-refractivity contribution in [2.24, 2.45) is 11.3 Å². The molecule has 1 aliphatic carbocycles. The summed E-state index contributed by atoms with van der Waals surface area (Å²) in [6, 6.07) is 8.11. The standard InChI is InChI=1S/C13H17N3/c1-13(2)7-9(13)8-14-12-15-10-5-3-4-6-11(10)16-12/h3-6,9H,7-8H2,1-2H3,(H2,14,15,16). The first kappa shape index (κ1) is 9.70. The third kappa shape index (κ3) is 1.66. The van der Waals surface area contributed by atoms with Crippen molar-refractivity contribution in [1.82, 2.24) is 9.97 Å². The van der Waals surface area contributed by atoms with Crippen molar-refractivity contribution in [3.8, 4) is 0 Å². The summed E-state index contributed by atoms with van der Waals surface area (Å²) in [5.41, 5.74) is 2.65. The monoisotopic (exact) mass is 215 g/mol. The van der Waals surface area contributed by atoms with Crippen LogP contribution in [-0.4, -0.2) is 16.5 Å². The predicted molar refractivity (Wildman–Crippen MR) is 66.5 cm³/mol. The Kier molecular flexibility index (Phi) is 1.96. The van der Waals surface area contributed by atoms with E-state index in [4.69, 9.17) is 0 Å². The molecule has 0 radical (unpaired) electrons. The highest BCUT2D eigenvalue weighted by Gasteiger charge is 2.45. The number of anilines is 1. The van der Waals surface area contributed by atoms with Crippen LogP contribution >= 0.6 is 0 Å². The lowest BCUT2D eigenvalue weighted by molar-refractivity contribution is 0.572. The maximum atomic E-state index is 4.49. The minimum absolute atomic E-state index is 0.527. The van der Waals surface area contributed by atoms with Crippen LogP contribution in [0.4, 0.5) is 5.95 Å². The van der Waals surface area contributed by atoms with Gasteiger partial charge >= 0.3 is 0 Å². The van der Waals surface area contributed by atoms with E-state index in [0.29, 0.717) is 5.41 Å². The van der Waals surface area contributed by atoms with Crippen LogP contribution in [0, 0.1) is 11.3 Å². The van der Waals surface area contributed by atoms with Crippen LogP contribution in [-0.2, 0) is 0 Å². The molecule has 0 aliphatic heterocycles. The molecule has 1 heterocycles. The highest BCUT2D eigenvalue weighted by atomic mass is 15.1. The minimum Gasteiger partial charge on any atom is -0.356 e. The van der Waals surface area contributed by atoms with Gasteiger partial charge in [0.2, 0.25) is 5.95 Å². The molecule has 2 aromatic rings. The second-order valence-electron chi connectivity index (χ2n) is 5.37. The van der Waals surface area contributed by atoms with Gasteiger partial charge in [-0.15, -0.1) is 0 Å². The Morgan fingerprint density at radius 1 is 1.44 bits per heavy atom. The van der Waals surface area contributed by atoms with Crippen molar-refractivity contribution in [2.75, 3.05) is 11.9 Å². The normalized spacial score (nSPS) is 22.2. The van der Waals surface area contributed by atoms with Crippen LogP contribution in [0.2, 0.25) is 0 Å². The van der Waals surface area contributed by atoms with E-state index in [1.54, 1.807) is 0 Å². The Labute approximate surface area is 95.3 Å². The molecule has 16 heavy (non-hydrogen) atoms. The van der Waals surface area contributed by atoms with E-state index in [2.05, 4.69) is 35.2 Å². The van der Waals surface area contributed by atoms with Gasteiger partial charge in [0.1, 0.15) is 0 Å². The lowest BCUT2D eigenvalue weighted by Gasteiger charge is -2.03. The van der Waals surface area contributed by atoms with E-state index < -0.39 is 0 Å². The number of aromatic amines is 1. The van der Waals surface area contributed by atoms with Gasteiger partial charge in [0, 0.05) is 6.54 Å². The Morgan fingerprint density at radius 3 is 2.88 bits per heavy atom. The van der Waals surface area contributed by atoms with Gasteiger partial charge in [0.15, 0.2) is 0 Å². The maximum absolute atomic E-state index is 4.49. The Bertz CT molecular complexity index is 480. The molecule has 3 heteroatoms. The van der Waals surface area contributed by atoms with Gasteiger partial charge in [0.05, 0.1) is 11.0 Å². The fraction of sp³-hybridized carbons (Fsp3) is 0.462. The van der Waals surface area contributed by atoms with Crippen molar-refractivity contribution >= 4 is 17.0 Å². The van der Waals surface area contributed by atoms with Crippen LogP contribution in [0.3, 0.4) is 0 Å². The molecule has 0 spiro atoms. The van der Waals surface area contributed by atoms with Gasteiger partial charge in [-0.1, -0.05) is 26.0 Å². The summed E-state index contributed by atoms with van der Waals surface area (Å²) in [5, 5.41) is 3.38. The van der Waals surface area contributed by atoms with E-state index in [9.17, 15) is 0 Å². The molecule has 1 saturated carbocycles. The number of benzene rings is 1. The van der Waals surface area contributed by atoms with Gasteiger partial charge in [-0.25, -0.2) is 4.98 Å². The van der Waals surface area contributed by atoms with E-state index in [0.717, 1.165) is 29.4 Å². The molecule has 84 valence electrons. The van der Waals surface area contributed by atoms with Crippen molar-refractivity contribution in [2.45, 2.75) is 20.3 Å². The number of rotatable bonds is 3. The topological polar surface area (TPSA) is 40.7 Å². The van der Waals surface area contributed by atoms with E-state index >= 15 is 0 Å². The lowest BCUT2D eigenvalue weighted by Crippen LogP contribution is -2.08. The van der Waals surface area contributed by atoms with Crippen LogP contribution < -0.4 is 5.32 Å².